The van der Waals surface area contributed by atoms with Crippen LogP contribution in [0.2, 0.25) is 0 Å². The van der Waals surface area contributed by atoms with Crippen LogP contribution in [0.5, 0.6) is 0 Å². The van der Waals surface area contributed by atoms with Crippen molar-refractivity contribution in [3.8, 4) is 0 Å². The van der Waals surface area contributed by atoms with Crippen LogP contribution in [0.1, 0.15) is 37.3 Å². The van der Waals surface area contributed by atoms with Crippen molar-refractivity contribution >= 4 is 35.5 Å². The number of anilines is 2. The fraction of sp³-hybridized carbons (Fsp3) is 0.238. The number of nitrogens with zero attached hydrogens (tertiary/aromatic N) is 4. The Bertz CT molecular complexity index is 1030. The molecule has 2 aromatic carbocycles. The molecule has 10 heteroatoms. The second-order valence-electron chi connectivity index (χ2n) is 6.87. The number of nitrogens with one attached hydrogen (secondary N) is 2. The summed E-state index contributed by atoms with van der Waals surface area (Å²) in [4.78, 5) is 12.2. The van der Waals surface area contributed by atoms with Crippen LogP contribution >= 0.6 is 11.8 Å². The normalized spacial score (nSPS) is 12.1. The van der Waals surface area contributed by atoms with E-state index in [9.17, 15) is 9.18 Å². The first-order chi connectivity index (χ1) is 15.0. The Hall–Kier alpha value is -3.40. The number of hydrogen-bond donors (Lipinski definition) is 3. The molecular weight excluding hydrogens is 417 g/mol. The Labute approximate surface area is 184 Å². The Balaban J connectivity index is 1.50. The number of carbonyl (C=O) groups excluding carboxylic acids is 1. The summed E-state index contributed by atoms with van der Waals surface area (Å²) >= 11 is 1.16. The molecule has 1 unspecified atom stereocenters. The van der Waals surface area contributed by atoms with Gasteiger partial charge in [-0.3, -0.25) is 4.79 Å². The summed E-state index contributed by atoms with van der Waals surface area (Å²) in [6.45, 7) is 4.32. The summed E-state index contributed by atoms with van der Waals surface area (Å²) in [5.41, 5.74) is 5.36. The lowest BCUT2D eigenvalue weighted by Crippen LogP contribution is -2.16. The van der Waals surface area contributed by atoms with E-state index in [0.29, 0.717) is 16.6 Å². The van der Waals surface area contributed by atoms with Gasteiger partial charge in [-0.25, -0.2) is 14.5 Å². The molecule has 8 nitrogen and oxygen atoms in total. The van der Waals surface area contributed by atoms with Gasteiger partial charge in [0.2, 0.25) is 11.1 Å². The van der Waals surface area contributed by atoms with Crippen molar-refractivity contribution in [2.24, 2.45) is 5.10 Å². The van der Waals surface area contributed by atoms with E-state index in [-0.39, 0.29) is 23.4 Å². The molecule has 0 spiro atoms. The van der Waals surface area contributed by atoms with Gasteiger partial charge in [-0.05, 0) is 47.7 Å². The van der Waals surface area contributed by atoms with E-state index in [0.717, 1.165) is 23.9 Å². The predicted molar refractivity (Wildman–Crippen MR) is 122 cm³/mol. The highest BCUT2D eigenvalue weighted by Gasteiger charge is 2.12. The first kappa shape index (κ1) is 22.3. The molecule has 3 rings (SSSR count). The quantitative estimate of drug-likeness (QED) is 0.202. The summed E-state index contributed by atoms with van der Waals surface area (Å²) in [6.07, 6.45) is 2.57. The maximum Gasteiger partial charge on any atom is 0.264 e. The van der Waals surface area contributed by atoms with E-state index in [1.807, 2.05) is 24.3 Å². The SMILES string of the molecule is CCC(C)c1ccc(NC(=O)CSc2nnc(N/N=C/c3ccc(F)cc3)n2N)cc1. The lowest BCUT2D eigenvalue weighted by molar-refractivity contribution is -0.113. The van der Waals surface area contributed by atoms with Gasteiger partial charge in [0.05, 0.1) is 12.0 Å². The van der Waals surface area contributed by atoms with Crippen LogP contribution in [0.15, 0.2) is 58.8 Å². The Morgan fingerprint density at radius 3 is 2.61 bits per heavy atom. The maximum absolute atomic E-state index is 12.9. The molecule has 31 heavy (non-hydrogen) atoms. The van der Waals surface area contributed by atoms with Crippen molar-refractivity contribution in [1.29, 1.82) is 0 Å². The minimum Gasteiger partial charge on any atom is -0.334 e. The average Bonchev–Trinajstić information content (AvgIpc) is 3.13. The van der Waals surface area contributed by atoms with Gasteiger partial charge in [-0.2, -0.15) is 5.10 Å². The maximum atomic E-state index is 12.9. The van der Waals surface area contributed by atoms with Gasteiger partial charge in [0.15, 0.2) is 0 Å². The summed E-state index contributed by atoms with van der Waals surface area (Å²) in [5.74, 6) is 6.28. The number of benzene rings is 2. The van der Waals surface area contributed by atoms with Crippen molar-refractivity contribution in [2.45, 2.75) is 31.3 Å². The average molecular weight is 442 g/mol. The molecule has 0 saturated heterocycles. The number of carbonyl (C=O) groups is 1. The zero-order valence-corrected chi connectivity index (χ0v) is 18.1. The Kier molecular flexibility index (Phi) is 7.60. The van der Waals surface area contributed by atoms with Gasteiger partial charge in [-0.15, -0.1) is 10.2 Å². The van der Waals surface area contributed by atoms with Crippen LogP contribution in [0.4, 0.5) is 16.0 Å². The van der Waals surface area contributed by atoms with Crippen LogP contribution in [0, 0.1) is 5.82 Å². The van der Waals surface area contributed by atoms with Crippen LogP contribution in [0.25, 0.3) is 0 Å². The largest absolute Gasteiger partial charge is 0.334 e. The van der Waals surface area contributed by atoms with Gasteiger partial charge in [0, 0.05) is 5.69 Å². The molecule has 1 atom stereocenters. The van der Waals surface area contributed by atoms with Gasteiger partial charge < -0.3 is 11.2 Å². The third kappa shape index (κ3) is 6.29. The van der Waals surface area contributed by atoms with Crippen LogP contribution in [-0.2, 0) is 4.79 Å². The van der Waals surface area contributed by atoms with Crippen LogP contribution in [-0.4, -0.2) is 32.7 Å². The second-order valence-corrected chi connectivity index (χ2v) is 7.81. The summed E-state index contributed by atoms with van der Waals surface area (Å²) < 4.78 is 14.1. The predicted octanol–water partition coefficient (Wildman–Crippen LogP) is 3.82. The third-order valence-electron chi connectivity index (χ3n) is 4.62. The fourth-order valence-electron chi connectivity index (χ4n) is 2.62. The number of hydrazone groups is 1. The molecule has 3 aromatic rings. The number of halogens is 1. The summed E-state index contributed by atoms with van der Waals surface area (Å²) in [7, 11) is 0. The van der Waals surface area contributed by atoms with E-state index < -0.39 is 0 Å². The van der Waals surface area contributed by atoms with Gasteiger partial charge in [0.25, 0.3) is 5.95 Å². The van der Waals surface area contributed by atoms with E-state index in [1.54, 1.807) is 12.1 Å². The minimum absolute atomic E-state index is 0.126. The number of amides is 1. The highest BCUT2D eigenvalue weighted by Crippen LogP contribution is 2.21. The fourth-order valence-corrected chi connectivity index (χ4v) is 3.28. The molecule has 0 aliphatic heterocycles. The Morgan fingerprint density at radius 2 is 1.94 bits per heavy atom. The van der Waals surface area contributed by atoms with Crippen molar-refractivity contribution in [1.82, 2.24) is 14.9 Å². The standard InChI is InChI=1S/C21H24FN7OS/c1-3-14(2)16-6-10-18(11-7-16)25-19(30)13-31-21-28-27-20(29(21)23)26-24-12-15-4-8-17(22)9-5-15/h4-12,14H,3,13,23H2,1-2H3,(H,25,30)(H,26,27)/b24-12+. The monoisotopic (exact) mass is 441 g/mol. The molecule has 4 N–H and O–H groups in total. The molecule has 0 radical (unpaired) electrons. The molecular formula is C21H24FN7OS. The van der Waals surface area contributed by atoms with E-state index in [4.69, 9.17) is 5.84 Å². The summed E-state index contributed by atoms with van der Waals surface area (Å²) in [5, 5.41) is 15.1. The van der Waals surface area contributed by atoms with Crippen molar-refractivity contribution in [3.05, 3.63) is 65.5 Å². The smallest absolute Gasteiger partial charge is 0.264 e. The zero-order valence-electron chi connectivity index (χ0n) is 17.2. The molecule has 162 valence electrons. The first-order valence-corrected chi connectivity index (χ1v) is 10.7. The van der Waals surface area contributed by atoms with Crippen LogP contribution < -0.4 is 16.6 Å². The van der Waals surface area contributed by atoms with Crippen LogP contribution in [0.3, 0.4) is 0 Å². The topological polar surface area (TPSA) is 110 Å². The van der Waals surface area contributed by atoms with Crippen molar-refractivity contribution < 1.29 is 9.18 Å². The molecule has 0 aliphatic rings. The van der Waals surface area contributed by atoms with E-state index in [2.05, 4.69) is 39.9 Å². The summed E-state index contributed by atoms with van der Waals surface area (Å²) in [6, 6.07) is 13.7. The van der Waals surface area contributed by atoms with Gasteiger partial charge in [0.1, 0.15) is 5.82 Å². The highest BCUT2D eigenvalue weighted by atomic mass is 32.2. The molecule has 1 aromatic heterocycles. The van der Waals surface area contributed by atoms with E-state index >= 15 is 0 Å². The molecule has 0 aliphatic carbocycles. The number of nitrogens with two attached hydrogens (primary N) is 1. The zero-order chi connectivity index (χ0) is 22.2. The minimum atomic E-state index is -0.319. The molecule has 0 saturated carbocycles. The molecule has 0 fully saturated rings. The molecule has 1 amide bonds. The number of thioether (sulfide) groups is 1. The second kappa shape index (κ2) is 10.6. The first-order valence-electron chi connectivity index (χ1n) is 9.74. The van der Waals surface area contributed by atoms with Crippen molar-refractivity contribution in [3.63, 3.8) is 0 Å². The van der Waals surface area contributed by atoms with Crippen molar-refractivity contribution in [2.75, 3.05) is 22.3 Å². The van der Waals surface area contributed by atoms with Gasteiger partial charge >= 0.3 is 0 Å². The lowest BCUT2D eigenvalue weighted by atomic mass is 9.99. The highest BCUT2D eigenvalue weighted by molar-refractivity contribution is 7.99. The lowest BCUT2D eigenvalue weighted by Gasteiger charge is -2.10. The van der Waals surface area contributed by atoms with E-state index in [1.165, 1.54) is 28.6 Å². The number of nitrogen functional groups attached to an aromatic ring is 1. The number of hydrogen-bond acceptors (Lipinski definition) is 7. The number of rotatable bonds is 9. The number of aromatic nitrogens is 3. The third-order valence-corrected chi connectivity index (χ3v) is 5.56. The molecule has 1 heterocycles. The Morgan fingerprint density at radius 1 is 1.23 bits per heavy atom. The molecule has 0 bridgehead atoms. The van der Waals surface area contributed by atoms with Gasteiger partial charge in [-0.1, -0.05) is 49.9 Å².